The van der Waals surface area contributed by atoms with E-state index in [1.165, 1.54) is 16.8 Å². The molecule has 0 saturated heterocycles. The molecule has 0 N–H and O–H groups in total. The average Bonchev–Trinajstić information content (AvgIpc) is 2.41. The lowest BCUT2D eigenvalue weighted by atomic mass is 10.1. The maximum Gasteiger partial charge on any atom is 0.0437 e. The van der Waals surface area contributed by atoms with Crippen LogP contribution in [0.25, 0.3) is 0 Å². The Bertz CT molecular complexity index is 572. The summed E-state index contributed by atoms with van der Waals surface area (Å²) in [6.07, 6.45) is 0. The summed E-state index contributed by atoms with van der Waals surface area (Å²) in [5.41, 5.74) is 3.65. The molecule has 0 saturated carbocycles. The summed E-state index contributed by atoms with van der Waals surface area (Å²) in [6.45, 7) is 0.850. The third-order valence-corrected chi connectivity index (χ3v) is 4.57. The lowest BCUT2D eigenvalue weighted by molar-refractivity contribution is 0.912. The van der Waals surface area contributed by atoms with Gasteiger partial charge in [0.15, 0.2) is 0 Å². The second kappa shape index (κ2) is 6.78. The molecular weight excluding hydrogens is 389 g/mol. The van der Waals surface area contributed by atoms with Crippen molar-refractivity contribution in [1.29, 1.82) is 0 Å². The van der Waals surface area contributed by atoms with Crippen LogP contribution in [0.5, 0.6) is 0 Å². The van der Waals surface area contributed by atoms with Gasteiger partial charge in [0.05, 0.1) is 0 Å². The average molecular weight is 404 g/mol. The molecule has 0 atom stereocenters. The molecule has 2 aromatic carbocycles. The Morgan fingerprint density at radius 3 is 2.53 bits per heavy atom. The zero-order valence-corrected chi connectivity index (χ0v) is 14.5. The fraction of sp³-hybridized carbons (Fsp3) is 0.200. The number of anilines is 1. The molecule has 2 rings (SSSR count). The van der Waals surface area contributed by atoms with Crippen molar-refractivity contribution in [2.45, 2.75) is 11.9 Å². The van der Waals surface area contributed by atoms with Crippen molar-refractivity contribution in [2.75, 3.05) is 11.9 Å². The number of hydrogen-bond donors (Lipinski definition) is 0. The molecule has 0 aliphatic heterocycles. The van der Waals surface area contributed by atoms with Gasteiger partial charge in [0, 0.05) is 34.1 Å². The number of rotatable bonds is 4. The molecule has 0 unspecified atom stereocenters. The molecule has 1 nitrogen and oxygen atoms in total. The van der Waals surface area contributed by atoms with Crippen molar-refractivity contribution in [2.24, 2.45) is 0 Å². The number of hydrogen-bond acceptors (Lipinski definition) is 1. The minimum Gasteiger partial charge on any atom is -0.370 e. The van der Waals surface area contributed by atoms with Gasteiger partial charge in [-0.2, -0.15) is 0 Å². The second-order valence-corrected chi connectivity index (χ2v) is 6.21. The van der Waals surface area contributed by atoms with E-state index in [0.717, 1.165) is 21.4 Å². The zero-order valence-electron chi connectivity index (χ0n) is 10.5. The molecular formula is C15H14Br2ClN. The van der Waals surface area contributed by atoms with Crippen LogP contribution in [-0.4, -0.2) is 7.05 Å². The highest BCUT2D eigenvalue weighted by atomic mass is 79.9. The summed E-state index contributed by atoms with van der Waals surface area (Å²) >= 11 is 13.1. The minimum atomic E-state index is 0.771. The van der Waals surface area contributed by atoms with Gasteiger partial charge in [-0.1, -0.05) is 61.7 Å². The van der Waals surface area contributed by atoms with E-state index in [-0.39, 0.29) is 0 Å². The van der Waals surface area contributed by atoms with Crippen molar-refractivity contribution < 1.29 is 0 Å². The molecule has 0 spiro atoms. The standard InChI is InChI=1S/C15H14Br2ClN/c1-19(10-11-4-2-3-5-14(11)17)15-7-6-13(18)8-12(15)9-16/h2-8H,9-10H2,1H3. The second-order valence-electron chi connectivity index (χ2n) is 4.35. The molecule has 0 amide bonds. The highest BCUT2D eigenvalue weighted by molar-refractivity contribution is 9.10. The quantitative estimate of drug-likeness (QED) is 0.598. The molecule has 0 aliphatic rings. The monoisotopic (exact) mass is 401 g/mol. The van der Waals surface area contributed by atoms with E-state index in [0.29, 0.717) is 0 Å². The predicted octanol–water partition coefficient (Wildman–Crippen LogP) is 5.63. The summed E-state index contributed by atoms with van der Waals surface area (Å²) in [4.78, 5) is 2.23. The number of benzene rings is 2. The Morgan fingerprint density at radius 1 is 1.11 bits per heavy atom. The normalized spacial score (nSPS) is 10.5. The van der Waals surface area contributed by atoms with E-state index in [2.05, 4.69) is 68.1 Å². The van der Waals surface area contributed by atoms with Crippen molar-refractivity contribution in [3.8, 4) is 0 Å². The topological polar surface area (TPSA) is 3.24 Å². The Hall–Kier alpha value is -0.510. The number of nitrogens with zero attached hydrogens (tertiary/aromatic N) is 1. The molecule has 4 heteroatoms. The molecule has 0 bridgehead atoms. The van der Waals surface area contributed by atoms with Crippen LogP contribution < -0.4 is 4.90 Å². The highest BCUT2D eigenvalue weighted by Crippen LogP contribution is 2.27. The first kappa shape index (κ1) is 14.9. The smallest absolute Gasteiger partial charge is 0.0437 e. The van der Waals surface area contributed by atoms with Crippen molar-refractivity contribution in [3.63, 3.8) is 0 Å². The van der Waals surface area contributed by atoms with Crippen LogP contribution in [0.4, 0.5) is 5.69 Å². The summed E-state index contributed by atoms with van der Waals surface area (Å²) in [5.74, 6) is 0. The van der Waals surface area contributed by atoms with E-state index in [9.17, 15) is 0 Å². The van der Waals surface area contributed by atoms with Crippen LogP contribution >= 0.6 is 43.5 Å². The van der Waals surface area contributed by atoms with E-state index in [1.807, 2.05) is 18.2 Å². The number of alkyl halides is 1. The van der Waals surface area contributed by atoms with Crippen LogP contribution in [0.3, 0.4) is 0 Å². The van der Waals surface area contributed by atoms with Gasteiger partial charge in [-0.25, -0.2) is 0 Å². The summed E-state index contributed by atoms with van der Waals surface area (Å²) in [7, 11) is 2.09. The van der Waals surface area contributed by atoms with Gasteiger partial charge in [0.25, 0.3) is 0 Å². The Balaban J connectivity index is 2.25. The van der Waals surface area contributed by atoms with E-state index in [1.54, 1.807) is 0 Å². The fourth-order valence-corrected chi connectivity index (χ4v) is 3.05. The molecule has 0 radical (unpaired) electrons. The molecule has 0 aliphatic carbocycles. The molecule has 0 fully saturated rings. The summed E-state index contributed by atoms with van der Waals surface area (Å²) in [6, 6.07) is 14.3. The van der Waals surface area contributed by atoms with Gasteiger partial charge in [-0.05, 0) is 35.4 Å². The van der Waals surface area contributed by atoms with Crippen LogP contribution in [0.2, 0.25) is 5.02 Å². The molecule has 100 valence electrons. The Morgan fingerprint density at radius 2 is 1.84 bits per heavy atom. The lowest BCUT2D eigenvalue weighted by Crippen LogP contribution is -2.18. The number of halogens is 3. The Kier molecular flexibility index (Phi) is 5.31. The first-order chi connectivity index (χ1) is 9.11. The van der Waals surface area contributed by atoms with E-state index < -0.39 is 0 Å². The fourth-order valence-electron chi connectivity index (χ4n) is 2.00. The van der Waals surface area contributed by atoms with Crippen LogP contribution in [0.1, 0.15) is 11.1 Å². The van der Waals surface area contributed by atoms with Crippen LogP contribution in [0, 0.1) is 0 Å². The third kappa shape index (κ3) is 3.74. The van der Waals surface area contributed by atoms with Gasteiger partial charge in [-0.15, -0.1) is 0 Å². The van der Waals surface area contributed by atoms with E-state index in [4.69, 9.17) is 11.6 Å². The van der Waals surface area contributed by atoms with Gasteiger partial charge in [0.2, 0.25) is 0 Å². The third-order valence-electron chi connectivity index (χ3n) is 2.96. The first-order valence-electron chi connectivity index (χ1n) is 5.90. The highest BCUT2D eigenvalue weighted by Gasteiger charge is 2.09. The van der Waals surface area contributed by atoms with Gasteiger partial charge in [-0.3, -0.25) is 0 Å². The van der Waals surface area contributed by atoms with Crippen LogP contribution in [-0.2, 0) is 11.9 Å². The van der Waals surface area contributed by atoms with Gasteiger partial charge >= 0.3 is 0 Å². The SMILES string of the molecule is CN(Cc1ccccc1Br)c1ccc(Cl)cc1CBr. The van der Waals surface area contributed by atoms with Gasteiger partial charge < -0.3 is 4.90 Å². The van der Waals surface area contributed by atoms with Crippen molar-refractivity contribution in [3.05, 3.63) is 63.1 Å². The van der Waals surface area contributed by atoms with Crippen molar-refractivity contribution >= 4 is 49.1 Å². The maximum absolute atomic E-state index is 6.04. The lowest BCUT2D eigenvalue weighted by Gasteiger charge is -2.23. The summed E-state index contributed by atoms with van der Waals surface area (Å²) in [5, 5.41) is 1.57. The minimum absolute atomic E-state index is 0.771. The predicted molar refractivity (Wildman–Crippen MR) is 90.3 cm³/mol. The molecule has 0 heterocycles. The largest absolute Gasteiger partial charge is 0.370 e. The Labute approximate surface area is 135 Å². The van der Waals surface area contributed by atoms with Crippen LogP contribution in [0.15, 0.2) is 46.9 Å². The first-order valence-corrected chi connectivity index (χ1v) is 8.20. The van der Waals surface area contributed by atoms with E-state index >= 15 is 0 Å². The zero-order chi connectivity index (χ0) is 13.8. The molecule has 2 aromatic rings. The molecule has 19 heavy (non-hydrogen) atoms. The van der Waals surface area contributed by atoms with Gasteiger partial charge in [0.1, 0.15) is 0 Å². The maximum atomic E-state index is 6.04. The summed E-state index contributed by atoms with van der Waals surface area (Å²) < 4.78 is 1.14. The van der Waals surface area contributed by atoms with Crippen molar-refractivity contribution in [1.82, 2.24) is 0 Å². The molecule has 0 aromatic heterocycles.